The first-order chi connectivity index (χ1) is 16.1. The first-order valence-corrected chi connectivity index (χ1v) is 11.4. The summed E-state index contributed by atoms with van der Waals surface area (Å²) in [7, 11) is 0. The van der Waals surface area contributed by atoms with E-state index in [0.717, 1.165) is 12.8 Å². The topological polar surface area (TPSA) is 64.1 Å². The van der Waals surface area contributed by atoms with Crippen LogP contribution in [0.2, 0.25) is 15.1 Å². The van der Waals surface area contributed by atoms with E-state index in [2.05, 4.69) is 15.3 Å². The minimum absolute atomic E-state index is 0.00140. The number of hydrogen-bond acceptors (Lipinski definition) is 4. The predicted molar refractivity (Wildman–Crippen MR) is 122 cm³/mol. The van der Waals surface area contributed by atoms with E-state index in [1.165, 1.54) is 36.5 Å². The predicted octanol–water partition coefficient (Wildman–Crippen LogP) is 6.85. The lowest BCUT2D eigenvalue weighted by molar-refractivity contribution is -0.248. The average molecular weight is 529 g/mol. The van der Waals surface area contributed by atoms with Crippen LogP contribution in [0.1, 0.15) is 24.0 Å². The Morgan fingerprint density at radius 1 is 1.09 bits per heavy atom. The normalized spacial score (nSPS) is 19.5. The zero-order chi connectivity index (χ0) is 24.3. The third kappa shape index (κ3) is 4.19. The highest BCUT2D eigenvalue weighted by molar-refractivity contribution is 6.34. The monoisotopic (exact) mass is 527 g/mol. The van der Waals surface area contributed by atoms with Crippen LogP contribution in [0.15, 0.2) is 42.6 Å². The van der Waals surface area contributed by atoms with Crippen LogP contribution >= 0.6 is 34.8 Å². The fourth-order valence-electron chi connectivity index (χ4n) is 3.92. The maximum absolute atomic E-state index is 14.4. The lowest BCUT2D eigenvalue weighted by Gasteiger charge is -2.31. The Hall–Kier alpha value is -2.55. The second kappa shape index (κ2) is 8.29. The zero-order valence-corrected chi connectivity index (χ0v) is 19.5. The minimum atomic E-state index is -4.78. The van der Waals surface area contributed by atoms with Gasteiger partial charge in [-0.3, -0.25) is 10.1 Å². The summed E-state index contributed by atoms with van der Waals surface area (Å²) in [6.45, 7) is 0. The molecule has 2 heterocycles. The molecule has 1 aliphatic heterocycles. The summed E-state index contributed by atoms with van der Waals surface area (Å²) in [5, 5.41) is 2.91. The van der Waals surface area contributed by atoms with Crippen molar-refractivity contribution in [3.8, 4) is 17.0 Å². The van der Waals surface area contributed by atoms with Crippen LogP contribution in [0.3, 0.4) is 0 Å². The number of benzene rings is 2. The van der Waals surface area contributed by atoms with E-state index >= 15 is 0 Å². The molecule has 1 atom stereocenters. The zero-order valence-electron chi connectivity index (χ0n) is 17.2. The van der Waals surface area contributed by atoms with Crippen LogP contribution in [0.5, 0.6) is 5.75 Å². The summed E-state index contributed by atoms with van der Waals surface area (Å²) < 4.78 is 48.7. The summed E-state index contributed by atoms with van der Waals surface area (Å²) >= 11 is 18.4. The number of anilines is 1. The molecule has 0 radical (unpaired) electrons. The van der Waals surface area contributed by atoms with Gasteiger partial charge in [-0.2, -0.15) is 13.2 Å². The number of aromatic nitrogens is 2. The lowest BCUT2D eigenvalue weighted by Crippen LogP contribution is -2.46. The highest BCUT2D eigenvalue weighted by Crippen LogP contribution is 2.53. The van der Waals surface area contributed by atoms with Gasteiger partial charge in [0, 0.05) is 39.7 Å². The fraction of sp³-hybridized carbons (Fsp3) is 0.261. The number of ether oxygens (including phenoxy) is 1. The van der Waals surface area contributed by atoms with Crippen LogP contribution in [-0.4, -0.2) is 22.1 Å². The molecule has 1 aromatic heterocycles. The van der Waals surface area contributed by atoms with Gasteiger partial charge in [0.2, 0.25) is 17.5 Å². The molecule has 0 saturated heterocycles. The van der Waals surface area contributed by atoms with Crippen molar-refractivity contribution in [2.45, 2.75) is 31.0 Å². The Labute approximate surface area is 207 Å². The maximum Gasteiger partial charge on any atom is 0.432 e. The summed E-state index contributed by atoms with van der Waals surface area (Å²) in [5.41, 5.74) is -1.87. The molecule has 11 heteroatoms. The van der Waals surface area contributed by atoms with Crippen molar-refractivity contribution in [2.24, 2.45) is 5.92 Å². The smallest absolute Gasteiger partial charge is 0.432 e. The van der Waals surface area contributed by atoms with E-state index in [9.17, 15) is 18.0 Å². The third-order valence-corrected chi connectivity index (χ3v) is 6.52. The molecular weight excluding hydrogens is 514 g/mol. The molecule has 2 aromatic carbocycles. The van der Waals surface area contributed by atoms with Crippen LogP contribution in [0, 0.1) is 5.92 Å². The van der Waals surface area contributed by atoms with Crippen LogP contribution in [0.4, 0.5) is 19.1 Å². The Balaban J connectivity index is 1.53. The van der Waals surface area contributed by atoms with E-state index in [-0.39, 0.29) is 49.7 Å². The minimum Gasteiger partial charge on any atom is -0.472 e. The Morgan fingerprint density at radius 2 is 1.79 bits per heavy atom. The van der Waals surface area contributed by atoms with Gasteiger partial charge in [0.05, 0.1) is 10.7 Å². The van der Waals surface area contributed by atoms with Crippen molar-refractivity contribution in [1.29, 1.82) is 0 Å². The standard InChI is InChI=1S/C23H15Cl3F3N3O2/c24-14-6-13(7-15(25)8-14)22(23(27,28)29)10-12-5-16(17(26)9-19(12)34-22)18-3-4-30-21(31-18)32-20(33)11-1-2-11/h3-9,11H,1-2,10H2,(H,30,31,32,33). The van der Waals surface area contributed by atoms with Gasteiger partial charge in [-0.25, -0.2) is 9.97 Å². The van der Waals surface area contributed by atoms with Crippen molar-refractivity contribution < 1.29 is 22.7 Å². The lowest BCUT2D eigenvalue weighted by atomic mass is 9.88. The van der Waals surface area contributed by atoms with Crippen LogP contribution in [-0.2, 0) is 16.8 Å². The number of hydrogen-bond donors (Lipinski definition) is 1. The first kappa shape index (κ1) is 23.2. The second-order valence-corrected chi connectivity index (χ2v) is 9.51. The van der Waals surface area contributed by atoms with Gasteiger partial charge in [-0.05, 0) is 54.8 Å². The number of fused-ring (bicyclic) bond motifs is 1. The van der Waals surface area contributed by atoms with Gasteiger partial charge >= 0.3 is 6.18 Å². The first-order valence-electron chi connectivity index (χ1n) is 10.2. The van der Waals surface area contributed by atoms with E-state index in [0.29, 0.717) is 11.3 Å². The number of rotatable bonds is 4. The molecule has 1 fully saturated rings. The average Bonchev–Trinajstić information content (AvgIpc) is 3.53. The number of nitrogens with one attached hydrogen (secondary N) is 1. The number of alkyl halides is 3. The van der Waals surface area contributed by atoms with Gasteiger partial charge in [0.1, 0.15) is 5.75 Å². The van der Waals surface area contributed by atoms with Crippen molar-refractivity contribution in [1.82, 2.24) is 9.97 Å². The molecule has 5 rings (SSSR count). The molecule has 1 saturated carbocycles. The highest BCUT2D eigenvalue weighted by atomic mass is 35.5. The van der Waals surface area contributed by atoms with E-state index in [4.69, 9.17) is 39.5 Å². The van der Waals surface area contributed by atoms with Crippen molar-refractivity contribution in [3.63, 3.8) is 0 Å². The molecule has 176 valence electrons. The highest BCUT2D eigenvalue weighted by Gasteiger charge is 2.61. The SMILES string of the molecule is O=C(Nc1nccc(-c2cc3c(cc2Cl)OC(c2cc(Cl)cc(Cl)c2)(C(F)(F)F)C3)n1)C1CC1. The molecule has 1 unspecified atom stereocenters. The number of nitrogens with zero attached hydrogens (tertiary/aromatic N) is 2. The fourth-order valence-corrected chi connectivity index (χ4v) is 4.69. The second-order valence-electron chi connectivity index (χ2n) is 8.23. The Kier molecular flexibility index (Phi) is 5.66. The molecule has 3 aromatic rings. The van der Waals surface area contributed by atoms with Crippen molar-refractivity contribution >= 4 is 46.7 Å². The molecule has 5 nitrogen and oxygen atoms in total. The van der Waals surface area contributed by atoms with E-state index < -0.39 is 18.2 Å². The van der Waals surface area contributed by atoms with Crippen LogP contribution < -0.4 is 10.1 Å². The summed E-state index contributed by atoms with van der Waals surface area (Å²) in [5.74, 6) is -0.108. The van der Waals surface area contributed by atoms with Crippen molar-refractivity contribution in [2.75, 3.05) is 5.32 Å². The quantitative estimate of drug-likeness (QED) is 0.402. The van der Waals surface area contributed by atoms with Gasteiger partial charge < -0.3 is 4.74 Å². The number of amides is 1. The Morgan fingerprint density at radius 3 is 2.44 bits per heavy atom. The molecule has 1 N–H and O–H groups in total. The summed E-state index contributed by atoms with van der Waals surface area (Å²) in [6.07, 6.45) is -2.20. The molecule has 0 bridgehead atoms. The number of carbonyl (C=O) groups is 1. The molecule has 2 aliphatic rings. The molecular formula is C23H15Cl3F3N3O2. The van der Waals surface area contributed by atoms with Gasteiger partial charge in [-0.15, -0.1) is 0 Å². The molecule has 34 heavy (non-hydrogen) atoms. The Bertz CT molecular complexity index is 1290. The number of halogens is 6. The largest absolute Gasteiger partial charge is 0.472 e. The molecule has 1 aliphatic carbocycles. The van der Waals surface area contributed by atoms with Gasteiger partial charge in [0.15, 0.2) is 0 Å². The van der Waals surface area contributed by atoms with E-state index in [1.807, 2.05) is 0 Å². The van der Waals surface area contributed by atoms with Crippen molar-refractivity contribution in [3.05, 3.63) is 68.8 Å². The third-order valence-electron chi connectivity index (χ3n) is 5.78. The maximum atomic E-state index is 14.4. The number of carbonyl (C=O) groups excluding carboxylic acids is 1. The molecule has 1 amide bonds. The molecule has 0 spiro atoms. The summed E-state index contributed by atoms with van der Waals surface area (Å²) in [4.78, 5) is 20.4. The van der Waals surface area contributed by atoms with Crippen LogP contribution in [0.25, 0.3) is 11.3 Å². The summed E-state index contributed by atoms with van der Waals surface area (Å²) in [6, 6.07) is 8.12. The van der Waals surface area contributed by atoms with E-state index in [1.54, 1.807) is 6.07 Å². The van der Waals surface area contributed by atoms with Gasteiger partial charge in [0.25, 0.3) is 0 Å². The van der Waals surface area contributed by atoms with Gasteiger partial charge in [-0.1, -0.05) is 34.8 Å².